The van der Waals surface area contributed by atoms with E-state index in [4.69, 9.17) is 5.73 Å². The van der Waals surface area contributed by atoms with Gasteiger partial charge in [0.25, 0.3) is 0 Å². The van der Waals surface area contributed by atoms with Gasteiger partial charge in [-0.25, -0.2) is 4.79 Å². The van der Waals surface area contributed by atoms with Crippen molar-refractivity contribution in [2.24, 2.45) is 17.6 Å². The molecule has 1 saturated carbocycles. The van der Waals surface area contributed by atoms with Gasteiger partial charge in [0.2, 0.25) is 0 Å². The zero-order valence-electron chi connectivity index (χ0n) is 12.6. The van der Waals surface area contributed by atoms with Gasteiger partial charge in [0.15, 0.2) is 0 Å². The van der Waals surface area contributed by atoms with Crippen LogP contribution in [0.1, 0.15) is 45.4 Å². The summed E-state index contributed by atoms with van der Waals surface area (Å²) in [5.74, 6) is 0.927. The van der Waals surface area contributed by atoms with E-state index in [9.17, 15) is 9.90 Å². The summed E-state index contributed by atoms with van der Waals surface area (Å²) in [7, 11) is 0. The van der Waals surface area contributed by atoms with Crippen LogP contribution in [0.2, 0.25) is 0 Å². The van der Waals surface area contributed by atoms with Crippen LogP contribution in [-0.2, 0) is 0 Å². The average molecular weight is 283 g/mol. The lowest BCUT2D eigenvalue weighted by Gasteiger charge is -2.39. The minimum atomic E-state index is -0.370. The minimum Gasteiger partial charge on any atom is -0.393 e. The molecule has 1 heterocycles. The third kappa shape index (κ3) is 4.09. The van der Waals surface area contributed by atoms with Crippen LogP contribution in [0, 0.1) is 11.8 Å². The van der Waals surface area contributed by atoms with E-state index in [0.29, 0.717) is 13.1 Å². The van der Waals surface area contributed by atoms with Crippen molar-refractivity contribution in [1.82, 2.24) is 10.2 Å². The molecule has 0 aromatic heterocycles. The zero-order valence-corrected chi connectivity index (χ0v) is 12.6. The molecule has 4 N–H and O–H groups in total. The van der Waals surface area contributed by atoms with E-state index in [1.54, 1.807) is 4.90 Å². The SMILES string of the molecule is CCC(O)C1CC(NCC2CCCC2)CN(C(N)=O)C1. The lowest BCUT2D eigenvalue weighted by molar-refractivity contribution is 0.0481. The first-order valence-electron chi connectivity index (χ1n) is 8.06. The molecule has 2 fully saturated rings. The van der Waals surface area contributed by atoms with Gasteiger partial charge in [-0.3, -0.25) is 0 Å². The van der Waals surface area contributed by atoms with Gasteiger partial charge in [-0.15, -0.1) is 0 Å². The van der Waals surface area contributed by atoms with Crippen LogP contribution in [-0.4, -0.2) is 47.8 Å². The van der Waals surface area contributed by atoms with Crippen LogP contribution in [0.25, 0.3) is 0 Å². The van der Waals surface area contributed by atoms with Gasteiger partial charge in [0.1, 0.15) is 0 Å². The zero-order chi connectivity index (χ0) is 14.5. The topological polar surface area (TPSA) is 78.6 Å². The lowest BCUT2D eigenvalue weighted by atomic mass is 9.88. The first-order valence-corrected chi connectivity index (χ1v) is 8.06. The number of amides is 2. The molecule has 0 radical (unpaired) electrons. The highest BCUT2D eigenvalue weighted by Gasteiger charge is 2.32. The second kappa shape index (κ2) is 7.27. The van der Waals surface area contributed by atoms with Crippen LogP contribution in [0.4, 0.5) is 4.79 Å². The van der Waals surface area contributed by atoms with Gasteiger partial charge in [-0.2, -0.15) is 0 Å². The Morgan fingerprint density at radius 2 is 2.10 bits per heavy atom. The number of rotatable bonds is 5. The average Bonchev–Trinajstić information content (AvgIpc) is 2.97. The van der Waals surface area contributed by atoms with Gasteiger partial charge < -0.3 is 21.1 Å². The van der Waals surface area contributed by atoms with Crippen molar-refractivity contribution in [3.63, 3.8) is 0 Å². The molecule has 3 atom stereocenters. The first kappa shape index (κ1) is 15.6. The van der Waals surface area contributed by atoms with Crippen molar-refractivity contribution in [2.45, 2.75) is 57.6 Å². The summed E-state index contributed by atoms with van der Waals surface area (Å²) in [6.45, 7) is 4.28. The number of hydrogen-bond acceptors (Lipinski definition) is 3. The number of likely N-dealkylation sites (tertiary alicyclic amines) is 1. The maximum atomic E-state index is 11.5. The molecule has 5 nitrogen and oxygen atoms in total. The number of nitrogens with zero attached hydrogens (tertiary/aromatic N) is 1. The van der Waals surface area contributed by atoms with Crippen molar-refractivity contribution < 1.29 is 9.90 Å². The summed E-state index contributed by atoms with van der Waals surface area (Å²) in [5, 5.41) is 13.7. The summed E-state index contributed by atoms with van der Waals surface area (Å²) in [4.78, 5) is 13.1. The number of nitrogens with two attached hydrogens (primary N) is 1. The monoisotopic (exact) mass is 283 g/mol. The molecule has 2 aliphatic rings. The molecular weight excluding hydrogens is 254 g/mol. The third-order valence-electron chi connectivity index (χ3n) is 4.93. The summed E-state index contributed by atoms with van der Waals surface area (Å²) >= 11 is 0. The molecule has 1 saturated heterocycles. The molecular formula is C15H29N3O2. The van der Waals surface area contributed by atoms with Gasteiger partial charge in [0.05, 0.1) is 6.10 Å². The maximum absolute atomic E-state index is 11.5. The number of carbonyl (C=O) groups is 1. The van der Waals surface area contributed by atoms with E-state index in [1.165, 1.54) is 25.7 Å². The maximum Gasteiger partial charge on any atom is 0.314 e. The number of nitrogens with one attached hydrogen (secondary N) is 1. The van der Waals surface area contributed by atoms with Crippen LogP contribution in [0.15, 0.2) is 0 Å². The Kier molecular flexibility index (Phi) is 5.66. The van der Waals surface area contributed by atoms with Gasteiger partial charge in [0, 0.05) is 25.0 Å². The number of piperidine rings is 1. The largest absolute Gasteiger partial charge is 0.393 e. The molecule has 2 rings (SSSR count). The second-order valence-electron chi connectivity index (χ2n) is 6.47. The van der Waals surface area contributed by atoms with Gasteiger partial charge >= 0.3 is 6.03 Å². The number of hydrogen-bond donors (Lipinski definition) is 3. The Bertz CT molecular complexity index is 318. The van der Waals surface area contributed by atoms with Crippen molar-refractivity contribution in [3.05, 3.63) is 0 Å². The van der Waals surface area contributed by atoms with Gasteiger partial charge in [-0.1, -0.05) is 19.8 Å². The number of carbonyl (C=O) groups excluding carboxylic acids is 1. The molecule has 5 heteroatoms. The van der Waals surface area contributed by atoms with Crippen molar-refractivity contribution in [2.75, 3.05) is 19.6 Å². The summed E-state index contributed by atoms with van der Waals surface area (Å²) in [6, 6.07) is -0.103. The molecule has 0 aromatic carbocycles. The smallest absolute Gasteiger partial charge is 0.314 e. The number of urea groups is 1. The molecule has 20 heavy (non-hydrogen) atoms. The molecule has 2 amide bonds. The van der Waals surface area contributed by atoms with Crippen LogP contribution >= 0.6 is 0 Å². The molecule has 0 bridgehead atoms. The van der Waals surface area contributed by atoms with E-state index in [-0.39, 0.29) is 24.1 Å². The van der Waals surface area contributed by atoms with Crippen molar-refractivity contribution in [3.8, 4) is 0 Å². The minimum absolute atomic E-state index is 0.141. The third-order valence-corrected chi connectivity index (χ3v) is 4.93. The Morgan fingerprint density at radius 1 is 1.40 bits per heavy atom. The molecule has 3 unspecified atom stereocenters. The molecule has 0 aromatic rings. The first-order chi connectivity index (χ1) is 9.60. The fourth-order valence-corrected chi connectivity index (χ4v) is 3.63. The van der Waals surface area contributed by atoms with Crippen molar-refractivity contribution >= 4 is 6.03 Å². The summed E-state index contributed by atoms with van der Waals surface area (Å²) in [6.07, 6.45) is 6.66. The fourth-order valence-electron chi connectivity index (χ4n) is 3.63. The quantitative estimate of drug-likeness (QED) is 0.712. The van der Waals surface area contributed by atoms with E-state index < -0.39 is 0 Å². The van der Waals surface area contributed by atoms with Crippen LogP contribution in [0.5, 0.6) is 0 Å². The predicted octanol–water partition coefficient (Wildman–Crippen LogP) is 1.31. The Morgan fingerprint density at radius 3 is 2.70 bits per heavy atom. The highest BCUT2D eigenvalue weighted by Crippen LogP contribution is 2.25. The fraction of sp³-hybridized carbons (Fsp3) is 0.933. The van der Waals surface area contributed by atoms with E-state index in [0.717, 1.165) is 25.3 Å². The molecule has 1 aliphatic heterocycles. The Hall–Kier alpha value is -0.810. The molecule has 1 aliphatic carbocycles. The Labute approximate surface area is 121 Å². The Balaban J connectivity index is 1.87. The highest BCUT2D eigenvalue weighted by molar-refractivity contribution is 5.72. The van der Waals surface area contributed by atoms with E-state index >= 15 is 0 Å². The van der Waals surface area contributed by atoms with Crippen molar-refractivity contribution in [1.29, 1.82) is 0 Å². The molecule has 0 spiro atoms. The highest BCUT2D eigenvalue weighted by atomic mass is 16.3. The standard InChI is InChI=1S/C15H29N3O2/c1-2-14(19)12-7-13(10-18(9-12)15(16)20)17-8-11-5-3-4-6-11/h11-14,17,19H,2-10H2,1H3,(H2,16,20). The lowest BCUT2D eigenvalue weighted by Crippen LogP contribution is -2.55. The number of aliphatic hydroxyl groups excluding tert-OH is 1. The van der Waals surface area contributed by atoms with Crippen LogP contribution < -0.4 is 11.1 Å². The predicted molar refractivity (Wildman–Crippen MR) is 79.3 cm³/mol. The normalized spacial score (nSPS) is 29.6. The summed E-state index contributed by atoms with van der Waals surface area (Å²) < 4.78 is 0. The van der Waals surface area contributed by atoms with Crippen LogP contribution in [0.3, 0.4) is 0 Å². The van der Waals surface area contributed by atoms with Gasteiger partial charge in [-0.05, 0) is 38.1 Å². The number of primary amides is 1. The number of aliphatic hydroxyl groups is 1. The molecule has 116 valence electrons. The summed E-state index contributed by atoms with van der Waals surface area (Å²) in [5.41, 5.74) is 5.43. The van der Waals surface area contributed by atoms with E-state index in [1.807, 2.05) is 6.92 Å². The second-order valence-corrected chi connectivity index (χ2v) is 6.47. The van der Waals surface area contributed by atoms with E-state index in [2.05, 4.69) is 5.32 Å².